The molecule has 0 N–H and O–H groups in total. The Labute approximate surface area is 153 Å². The third kappa shape index (κ3) is 3.34. The number of rotatable bonds is 4. The Bertz CT molecular complexity index is 778. The number of aromatic nitrogens is 1. The summed E-state index contributed by atoms with van der Waals surface area (Å²) in [5, 5.41) is 0. The highest BCUT2D eigenvalue weighted by Gasteiger charge is 2.40. The van der Waals surface area contributed by atoms with Gasteiger partial charge in [0, 0.05) is 38.4 Å². The van der Waals surface area contributed by atoms with Crippen molar-refractivity contribution in [3.8, 4) is 0 Å². The highest BCUT2D eigenvalue weighted by atomic mass is 16.2. The number of likely N-dealkylation sites (tertiary alicyclic amines) is 2. The number of pyridine rings is 1. The lowest BCUT2D eigenvalue weighted by Gasteiger charge is -2.27. The van der Waals surface area contributed by atoms with Crippen LogP contribution in [0.3, 0.4) is 0 Å². The van der Waals surface area contributed by atoms with E-state index in [9.17, 15) is 9.59 Å². The molecule has 5 nitrogen and oxygen atoms in total. The van der Waals surface area contributed by atoms with Crippen LogP contribution >= 0.6 is 0 Å². The first-order valence-corrected chi connectivity index (χ1v) is 9.24. The summed E-state index contributed by atoms with van der Waals surface area (Å²) in [6.45, 7) is 1.81. The molecule has 2 amide bonds. The van der Waals surface area contributed by atoms with Crippen molar-refractivity contribution in [2.24, 2.45) is 5.92 Å². The lowest BCUT2D eigenvalue weighted by molar-refractivity contribution is -0.136. The van der Waals surface area contributed by atoms with E-state index in [0.29, 0.717) is 19.5 Å². The van der Waals surface area contributed by atoms with Crippen LogP contribution in [0.5, 0.6) is 0 Å². The number of nitrogens with zero attached hydrogens (tertiary/aromatic N) is 3. The summed E-state index contributed by atoms with van der Waals surface area (Å²) < 4.78 is 0. The normalized spacial score (nSPS) is 22.8. The number of hydrogen-bond acceptors (Lipinski definition) is 3. The second-order valence-corrected chi connectivity index (χ2v) is 7.14. The Morgan fingerprint density at radius 1 is 1.15 bits per heavy atom. The van der Waals surface area contributed by atoms with E-state index < -0.39 is 0 Å². The van der Waals surface area contributed by atoms with Crippen molar-refractivity contribution < 1.29 is 9.59 Å². The van der Waals surface area contributed by atoms with Crippen LogP contribution in [0.15, 0.2) is 54.9 Å². The van der Waals surface area contributed by atoms with Gasteiger partial charge in [-0.3, -0.25) is 14.6 Å². The molecule has 2 fully saturated rings. The molecule has 2 atom stereocenters. The molecule has 2 aliphatic heterocycles. The second-order valence-electron chi connectivity index (χ2n) is 7.14. The van der Waals surface area contributed by atoms with Crippen LogP contribution in [0.4, 0.5) is 0 Å². The van der Waals surface area contributed by atoms with Crippen LogP contribution in [0.25, 0.3) is 0 Å². The molecular weight excluding hydrogens is 326 g/mol. The van der Waals surface area contributed by atoms with Crippen molar-refractivity contribution >= 4 is 11.8 Å². The molecule has 5 heteroatoms. The molecule has 0 bridgehead atoms. The molecule has 3 heterocycles. The highest BCUT2D eigenvalue weighted by molar-refractivity contribution is 5.89. The smallest absolute Gasteiger partial charge is 0.228 e. The van der Waals surface area contributed by atoms with Crippen molar-refractivity contribution in [1.29, 1.82) is 0 Å². The maximum Gasteiger partial charge on any atom is 0.228 e. The molecule has 26 heavy (non-hydrogen) atoms. The zero-order valence-corrected chi connectivity index (χ0v) is 14.8. The predicted octanol–water partition coefficient (Wildman–Crippen LogP) is 2.79. The van der Waals surface area contributed by atoms with Gasteiger partial charge >= 0.3 is 0 Å². The predicted molar refractivity (Wildman–Crippen MR) is 97.9 cm³/mol. The average molecular weight is 349 g/mol. The Hall–Kier alpha value is -2.69. The standard InChI is InChI=1S/C21H23N3O2/c25-20-12-18(15-23(20)14-16-6-4-10-22-13-16)21(26)24-11-5-9-19(24)17-7-2-1-3-8-17/h1-4,6-8,10,13,18-19H,5,9,11-12,14-15H2. The minimum Gasteiger partial charge on any atom is -0.337 e. The molecule has 0 spiro atoms. The van der Waals surface area contributed by atoms with Gasteiger partial charge in [0.15, 0.2) is 0 Å². The summed E-state index contributed by atoms with van der Waals surface area (Å²) in [5.74, 6) is -0.0514. The van der Waals surface area contributed by atoms with Gasteiger partial charge in [0.1, 0.15) is 0 Å². The van der Waals surface area contributed by atoms with Crippen LogP contribution < -0.4 is 0 Å². The number of carbonyl (C=O) groups is 2. The van der Waals surface area contributed by atoms with E-state index in [4.69, 9.17) is 0 Å². The largest absolute Gasteiger partial charge is 0.337 e. The van der Waals surface area contributed by atoms with Crippen LogP contribution in [0, 0.1) is 5.92 Å². The summed E-state index contributed by atoms with van der Waals surface area (Å²) in [4.78, 5) is 33.4. The van der Waals surface area contributed by atoms with Gasteiger partial charge in [0.25, 0.3) is 0 Å². The lowest BCUT2D eigenvalue weighted by Crippen LogP contribution is -2.37. The SMILES string of the molecule is O=C1CC(C(=O)N2CCCC2c2ccccc2)CN1Cc1cccnc1. The zero-order chi connectivity index (χ0) is 17.9. The number of carbonyl (C=O) groups excluding carboxylic acids is 2. The maximum absolute atomic E-state index is 13.1. The molecule has 134 valence electrons. The van der Waals surface area contributed by atoms with Gasteiger partial charge < -0.3 is 9.80 Å². The molecule has 2 unspecified atom stereocenters. The van der Waals surface area contributed by atoms with Crippen molar-refractivity contribution in [1.82, 2.24) is 14.8 Å². The van der Waals surface area contributed by atoms with Gasteiger partial charge in [0.2, 0.25) is 11.8 Å². The third-order valence-electron chi connectivity index (χ3n) is 5.38. The fourth-order valence-corrected chi connectivity index (χ4v) is 4.09. The fraction of sp³-hybridized carbons (Fsp3) is 0.381. The van der Waals surface area contributed by atoms with Crippen molar-refractivity contribution in [2.75, 3.05) is 13.1 Å². The van der Waals surface area contributed by atoms with Gasteiger partial charge in [0.05, 0.1) is 12.0 Å². The summed E-state index contributed by atoms with van der Waals surface area (Å²) >= 11 is 0. The van der Waals surface area contributed by atoms with E-state index in [1.807, 2.05) is 35.2 Å². The molecule has 2 aliphatic rings. The van der Waals surface area contributed by atoms with E-state index in [2.05, 4.69) is 17.1 Å². The minimum atomic E-state index is -0.233. The Kier molecular flexibility index (Phi) is 4.69. The molecule has 1 aromatic heterocycles. The molecular formula is C21H23N3O2. The highest BCUT2D eigenvalue weighted by Crippen LogP contribution is 2.34. The van der Waals surface area contributed by atoms with E-state index in [-0.39, 0.29) is 23.8 Å². The minimum absolute atomic E-state index is 0.0580. The molecule has 2 saturated heterocycles. The van der Waals surface area contributed by atoms with Crippen LogP contribution in [0.1, 0.15) is 36.4 Å². The van der Waals surface area contributed by atoms with Gasteiger partial charge in [-0.05, 0) is 30.0 Å². The van der Waals surface area contributed by atoms with E-state index in [1.54, 1.807) is 17.3 Å². The van der Waals surface area contributed by atoms with E-state index >= 15 is 0 Å². The van der Waals surface area contributed by atoms with Crippen molar-refractivity contribution in [3.05, 3.63) is 66.0 Å². The second kappa shape index (κ2) is 7.28. The van der Waals surface area contributed by atoms with E-state index in [0.717, 1.165) is 24.9 Å². The van der Waals surface area contributed by atoms with Gasteiger partial charge in [-0.15, -0.1) is 0 Å². The first-order chi connectivity index (χ1) is 12.7. The first-order valence-electron chi connectivity index (χ1n) is 9.24. The monoisotopic (exact) mass is 349 g/mol. The Morgan fingerprint density at radius 2 is 2.00 bits per heavy atom. The van der Waals surface area contributed by atoms with E-state index in [1.165, 1.54) is 5.56 Å². The molecule has 0 radical (unpaired) electrons. The lowest BCUT2D eigenvalue weighted by atomic mass is 10.0. The van der Waals surface area contributed by atoms with Gasteiger partial charge in [-0.25, -0.2) is 0 Å². The van der Waals surface area contributed by atoms with Crippen LogP contribution in [-0.2, 0) is 16.1 Å². The fourth-order valence-electron chi connectivity index (χ4n) is 4.09. The Balaban J connectivity index is 1.44. The van der Waals surface area contributed by atoms with Crippen LogP contribution in [0.2, 0.25) is 0 Å². The van der Waals surface area contributed by atoms with Gasteiger partial charge in [-0.2, -0.15) is 0 Å². The average Bonchev–Trinajstić information content (AvgIpc) is 3.30. The van der Waals surface area contributed by atoms with Crippen LogP contribution in [-0.4, -0.2) is 39.7 Å². The number of benzene rings is 1. The summed E-state index contributed by atoms with van der Waals surface area (Å²) in [5.41, 5.74) is 2.19. The maximum atomic E-state index is 13.1. The molecule has 2 aromatic rings. The summed E-state index contributed by atoms with van der Waals surface area (Å²) in [6.07, 6.45) is 5.82. The molecule has 0 saturated carbocycles. The first kappa shape index (κ1) is 16.8. The number of hydrogen-bond donors (Lipinski definition) is 0. The molecule has 4 rings (SSSR count). The molecule has 0 aliphatic carbocycles. The van der Waals surface area contributed by atoms with Crippen molar-refractivity contribution in [3.63, 3.8) is 0 Å². The number of amides is 2. The van der Waals surface area contributed by atoms with Crippen molar-refractivity contribution in [2.45, 2.75) is 31.8 Å². The summed E-state index contributed by atoms with van der Waals surface area (Å²) in [6, 6.07) is 14.2. The quantitative estimate of drug-likeness (QED) is 0.853. The molecule has 1 aromatic carbocycles. The zero-order valence-electron chi connectivity index (χ0n) is 14.8. The summed E-state index contributed by atoms with van der Waals surface area (Å²) in [7, 11) is 0. The third-order valence-corrected chi connectivity index (χ3v) is 5.38. The Morgan fingerprint density at radius 3 is 2.77 bits per heavy atom. The topological polar surface area (TPSA) is 53.5 Å². The van der Waals surface area contributed by atoms with Gasteiger partial charge in [-0.1, -0.05) is 36.4 Å².